The Labute approximate surface area is 209 Å². The molecule has 0 aliphatic heterocycles. The van der Waals surface area contributed by atoms with Crippen molar-refractivity contribution in [2.45, 2.75) is 90.4 Å². The summed E-state index contributed by atoms with van der Waals surface area (Å²) >= 11 is 1.95. The van der Waals surface area contributed by atoms with Gasteiger partial charge in [0.2, 0.25) is 0 Å². The second-order valence-electron chi connectivity index (χ2n) is 8.20. The summed E-state index contributed by atoms with van der Waals surface area (Å²) in [6.07, 6.45) is 13.0. The van der Waals surface area contributed by atoms with Crippen LogP contribution < -0.4 is 56.5 Å². The molecular formula is C23H39KOS. The zero-order chi connectivity index (χ0) is 18.4. The molecule has 1 aromatic rings. The van der Waals surface area contributed by atoms with E-state index in [-0.39, 0.29) is 63.4 Å². The van der Waals surface area contributed by atoms with Gasteiger partial charge in [-0.2, -0.15) is 11.8 Å². The number of unbranched alkanes of at least 4 members (excludes halogenated alkanes) is 7. The van der Waals surface area contributed by atoms with E-state index in [2.05, 4.69) is 45.0 Å². The Hall–Kier alpha value is 1.17. The van der Waals surface area contributed by atoms with Gasteiger partial charge in [0.25, 0.3) is 0 Å². The van der Waals surface area contributed by atoms with Crippen LogP contribution in [0.3, 0.4) is 0 Å². The maximum atomic E-state index is 10.3. The van der Waals surface area contributed by atoms with Crippen LogP contribution >= 0.6 is 11.8 Å². The van der Waals surface area contributed by atoms with Crippen molar-refractivity contribution in [1.29, 1.82) is 0 Å². The van der Waals surface area contributed by atoms with Gasteiger partial charge in [-0.3, -0.25) is 0 Å². The maximum absolute atomic E-state index is 10.3. The molecule has 1 aromatic carbocycles. The Kier molecular flexibility index (Phi) is 17.8. The van der Waals surface area contributed by atoms with E-state index < -0.39 is 0 Å². The van der Waals surface area contributed by atoms with E-state index in [9.17, 15) is 5.11 Å². The molecule has 144 valence electrons. The Bertz CT molecular complexity index is 425. The summed E-state index contributed by atoms with van der Waals surface area (Å²) in [6.45, 7) is 6.91. The summed E-state index contributed by atoms with van der Waals surface area (Å²) in [7, 11) is 0. The van der Waals surface area contributed by atoms with Crippen LogP contribution in [0.4, 0.5) is 0 Å². The van der Waals surface area contributed by atoms with Gasteiger partial charge in [0.05, 0.1) is 0 Å². The zero-order valence-corrected chi connectivity index (χ0v) is 21.8. The molecular weight excluding hydrogens is 363 g/mol. The van der Waals surface area contributed by atoms with Crippen LogP contribution in [-0.2, 0) is 11.8 Å². The number of hydrogen-bond donors (Lipinski definition) is 0. The van der Waals surface area contributed by atoms with Crippen LogP contribution in [0.1, 0.15) is 89.7 Å². The summed E-state index contributed by atoms with van der Waals surface area (Å²) in [5.74, 6) is 2.30. The van der Waals surface area contributed by atoms with Crippen LogP contribution in [0, 0.1) is 0 Å². The summed E-state index contributed by atoms with van der Waals surface area (Å²) in [6, 6.07) is 9.23. The van der Waals surface area contributed by atoms with Crippen LogP contribution in [0.5, 0.6) is 0 Å². The van der Waals surface area contributed by atoms with E-state index in [1.165, 1.54) is 74.7 Å². The fourth-order valence-corrected chi connectivity index (χ4v) is 3.96. The second kappa shape index (κ2) is 17.1. The Morgan fingerprint density at radius 2 is 1.23 bits per heavy atom. The largest absolute Gasteiger partial charge is 1.00 e. The van der Waals surface area contributed by atoms with Gasteiger partial charge in [-0.05, 0) is 47.3 Å². The molecule has 0 heterocycles. The Morgan fingerprint density at radius 3 is 1.77 bits per heavy atom. The van der Waals surface area contributed by atoms with Crippen molar-refractivity contribution in [1.82, 2.24) is 0 Å². The monoisotopic (exact) mass is 402 g/mol. The molecule has 0 aliphatic carbocycles. The molecule has 1 nitrogen and oxygen atoms in total. The number of thioether (sulfide) groups is 1. The van der Waals surface area contributed by atoms with Crippen molar-refractivity contribution >= 4 is 11.8 Å². The average Bonchev–Trinajstić information content (AvgIpc) is 2.58. The predicted molar refractivity (Wildman–Crippen MR) is 113 cm³/mol. The second-order valence-corrected chi connectivity index (χ2v) is 9.42. The molecule has 0 radical (unpaired) electrons. The van der Waals surface area contributed by atoms with Gasteiger partial charge in [0, 0.05) is 0 Å². The first-order chi connectivity index (χ1) is 12.0. The van der Waals surface area contributed by atoms with E-state index >= 15 is 0 Å². The summed E-state index contributed by atoms with van der Waals surface area (Å²) in [5, 5.41) is 10.3. The molecule has 0 saturated carbocycles. The summed E-state index contributed by atoms with van der Waals surface area (Å²) in [4.78, 5) is 0. The molecule has 0 aromatic heterocycles. The van der Waals surface area contributed by atoms with Crippen LogP contribution in [0.15, 0.2) is 24.3 Å². The third-order valence-electron chi connectivity index (χ3n) is 4.76. The molecule has 0 spiro atoms. The number of hydrogen-bond acceptors (Lipinski definition) is 2. The van der Waals surface area contributed by atoms with Gasteiger partial charge in [0.15, 0.2) is 0 Å². The molecule has 1 rings (SSSR count). The third-order valence-corrected chi connectivity index (χ3v) is 5.91. The van der Waals surface area contributed by atoms with E-state index in [4.69, 9.17) is 0 Å². The molecule has 0 bridgehead atoms. The first kappa shape index (κ1) is 27.2. The minimum Gasteiger partial charge on any atom is -0.854 e. The van der Waals surface area contributed by atoms with Gasteiger partial charge in [-0.1, -0.05) is 90.0 Å². The van der Waals surface area contributed by atoms with Crippen molar-refractivity contribution in [3.05, 3.63) is 35.4 Å². The van der Waals surface area contributed by atoms with E-state index in [1.54, 1.807) is 0 Å². The van der Waals surface area contributed by atoms with Gasteiger partial charge >= 0.3 is 51.4 Å². The first-order valence-electron chi connectivity index (χ1n) is 10.3. The molecule has 0 aliphatic rings. The van der Waals surface area contributed by atoms with Gasteiger partial charge < -0.3 is 5.11 Å². The van der Waals surface area contributed by atoms with Crippen molar-refractivity contribution in [3.8, 4) is 0 Å². The summed E-state index contributed by atoms with van der Waals surface area (Å²) in [5.41, 5.74) is 3.18. The third kappa shape index (κ3) is 14.2. The molecule has 0 atom stereocenters. The number of aryl methyl sites for hydroxylation is 1. The first-order valence-corrected chi connectivity index (χ1v) is 11.4. The van der Waals surface area contributed by atoms with Crippen molar-refractivity contribution < 1.29 is 56.5 Å². The van der Waals surface area contributed by atoms with Crippen molar-refractivity contribution in [3.63, 3.8) is 0 Å². The molecule has 0 amide bonds. The van der Waals surface area contributed by atoms with Crippen molar-refractivity contribution in [2.75, 3.05) is 18.1 Å². The Morgan fingerprint density at radius 1 is 0.731 bits per heavy atom. The van der Waals surface area contributed by atoms with E-state index in [0.29, 0.717) is 0 Å². The van der Waals surface area contributed by atoms with Crippen LogP contribution in [0.2, 0.25) is 0 Å². The average molecular weight is 403 g/mol. The fourth-order valence-electron chi connectivity index (χ4n) is 3.03. The smallest absolute Gasteiger partial charge is 0.854 e. The number of benzene rings is 1. The molecule has 0 saturated heterocycles. The molecule has 26 heavy (non-hydrogen) atoms. The summed E-state index contributed by atoms with van der Waals surface area (Å²) < 4.78 is 0. The molecule has 0 N–H and O–H groups in total. The van der Waals surface area contributed by atoms with Crippen molar-refractivity contribution in [2.24, 2.45) is 0 Å². The standard InChI is InChI=1S/C23H39OS.K/c1-23(2,3)22-16-14-21(15-17-22)13-10-8-6-4-5-7-9-11-19-25-20-12-18-24;/h14-17H,4-13,18-20H2,1-3H3;/q-1;+1. The van der Waals surface area contributed by atoms with Crippen LogP contribution in [0.25, 0.3) is 0 Å². The predicted octanol–water partition coefficient (Wildman–Crippen LogP) is 3.14. The number of rotatable bonds is 14. The Balaban J connectivity index is 0.00000625. The van der Waals surface area contributed by atoms with Gasteiger partial charge in [0.1, 0.15) is 0 Å². The molecule has 0 unspecified atom stereocenters. The minimum atomic E-state index is 0. The topological polar surface area (TPSA) is 23.1 Å². The van der Waals surface area contributed by atoms with Gasteiger partial charge in [-0.15, -0.1) is 6.61 Å². The zero-order valence-electron chi connectivity index (χ0n) is 17.8. The molecule has 3 heteroatoms. The van der Waals surface area contributed by atoms with E-state index in [0.717, 1.165) is 12.2 Å². The normalized spacial score (nSPS) is 11.4. The fraction of sp³-hybridized carbons (Fsp3) is 0.739. The van der Waals surface area contributed by atoms with E-state index in [1.807, 2.05) is 11.8 Å². The SMILES string of the molecule is CC(C)(C)c1ccc(CCCCCCCCCCSCCC[O-])cc1.[K+]. The van der Waals surface area contributed by atoms with Crippen LogP contribution in [-0.4, -0.2) is 18.1 Å². The molecule has 0 fully saturated rings. The quantitative estimate of drug-likeness (QED) is 0.352. The van der Waals surface area contributed by atoms with Gasteiger partial charge in [-0.25, -0.2) is 0 Å². The maximum Gasteiger partial charge on any atom is 1.00 e. The minimum absolute atomic E-state index is 0.